The summed E-state index contributed by atoms with van der Waals surface area (Å²) in [6, 6.07) is 13.8. The Bertz CT molecular complexity index is 1760. The van der Waals surface area contributed by atoms with Crippen molar-refractivity contribution in [3.63, 3.8) is 0 Å². The van der Waals surface area contributed by atoms with Gasteiger partial charge < -0.3 is 14.8 Å². The second kappa shape index (κ2) is 10.8. The van der Waals surface area contributed by atoms with E-state index in [1.807, 2.05) is 12.1 Å². The average Bonchev–Trinajstić information content (AvgIpc) is 3.48. The number of hydrogen-bond donors (Lipinski definition) is 1. The predicted octanol–water partition coefficient (Wildman–Crippen LogP) is 6.20. The molecule has 212 valence electrons. The second-order valence-corrected chi connectivity index (χ2v) is 9.61. The summed E-state index contributed by atoms with van der Waals surface area (Å²) >= 11 is 5.92. The van der Waals surface area contributed by atoms with E-state index in [4.69, 9.17) is 21.1 Å². The molecule has 13 heteroatoms. The Morgan fingerprint density at radius 2 is 1.68 bits per heavy atom. The van der Waals surface area contributed by atoms with Crippen LogP contribution in [0.15, 0.2) is 54.6 Å². The van der Waals surface area contributed by atoms with Gasteiger partial charge >= 0.3 is 6.18 Å². The van der Waals surface area contributed by atoms with Crippen molar-refractivity contribution < 1.29 is 27.4 Å². The van der Waals surface area contributed by atoms with E-state index in [9.17, 15) is 18.0 Å². The number of hydrogen-bond acceptors (Lipinski definition) is 6. The molecule has 0 fully saturated rings. The number of fused-ring (bicyclic) bond motifs is 1. The SMILES string of the molecule is COc1ccc(Cn2nc(C)c(NC(=O)c3cc4nc(-c5ccc(Cl)cc5)cc(C(F)(F)F)n4n3)c2C)cc1OC. The summed E-state index contributed by atoms with van der Waals surface area (Å²) in [6.45, 7) is 3.88. The molecule has 1 amide bonds. The van der Waals surface area contributed by atoms with Gasteiger partial charge in [0.25, 0.3) is 5.91 Å². The van der Waals surface area contributed by atoms with Gasteiger partial charge in [0.05, 0.1) is 43.5 Å². The molecule has 0 saturated heterocycles. The summed E-state index contributed by atoms with van der Waals surface area (Å²) in [7, 11) is 3.10. The van der Waals surface area contributed by atoms with Crippen LogP contribution in [-0.2, 0) is 12.7 Å². The number of aromatic nitrogens is 5. The Morgan fingerprint density at radius 3 is 2.34 bits per heavy atom. The number of halogens is 4. The molecule has 0 unspecified atom stereocenters. The highest BCUT2D eigenvalue weighted by atomic mass is 35.5. The summed E-state index contributed by atoms with van der Waals surface area (Å²) in [5, 5.41) is 11.6. The topological polar surface area (TPSA) is 95.6 Å². The first-order valence-corrected chi connectivity index (χ1v) is 12.7. The standard InChI is InChI=1S/C28H24ClF3N6O3/c1-15-26(16(2)37(35-15)14-17-5-10-22(40-3)23(11-17)41-4)34-27(39)21-13-25-33-20(18-6-8-19(29)9-7-18)12-24(28(30,31)32)38(25)36-21/h5-13H,14H2,1-4H3,(H,34,39). The van der Waals surface area contributed by atoms with Crippen molar-refractivity contribution in [3.8, 4) is 22.8 Å². The number of alkyl halides is 3. The molecule has 0 spiro atoms. The van der Waals surface area contributed by atoms with Gasteiger partial charge in [-0.25, -0.2) is 9.50 Å². The number of nitrogens with one attached hydrogen (secondary N) is 1. The lowest BCUT2D eigenvalue weighted by Crippen LogP contribution is -2.16. The maximum absolute atomic E-state index is 14.0. The molecule has 5 aromatic rings. The Hall–Kier alpha value is -4.58. The molecule has 0 radical (unpaired) electrons. The summed E-state index contributed by atoms with van der Waals surface area (Å²) in [6.07, 6.45) is -4.75. The number of benzene rings is 2. The maximum Gasteiger partial charge on any atom is 0.433 e. The second-order valence-electron chi connectivity index (χ2n) is 9.18. The van der Waals surface area contributed by atoms with Gasteiger partial charge in [0.2, 0.25) is 0 Å². The van der Waals surface area contributed by atoms with Crippen molar-refractivity contribution in [2.75, 3.05) is 19.5 Å². The Balaban J connectivity index is 1.45. The third-order valence-electron chi connectivity index (χ3n) is 6.49. The van der Waals surface area contributed by atoms with Crippen molar-refractivity contribution in [1.29, 1.82) is 0 Å². The van der Waals surface area contributed by atoms with Crippen LogP contribution in [0.2, 0.25) is 5.02 Å². The van der Waals surface area contributed by atoms with Crippen molar-refractivity contribution in [3.05, 3.63) is 88.0 Å². The summed E-state index contributed by atoms with van der Waals surface area (Å²) in [5.41, 5.74) is 1.55. The number of rotatable bonds is 7. The smallest absolute Gasteiger partial charge is 0.433 e. The van der Waals surface area contributed by atoms with Crippen LogP contribution in [0.5, 0.6) is 11.5 Å². The highest BCUT2D eigenvalue weighted by Crippen LogP contribution is 2.33. The lowest BCUT2D eigenvalue weighted by atomic mass is 10.1. The number of carbonyl (C=O) groups is 1. The van der Waals surface area contributed by atoms with Crippen LogP contribution >= 0.6 is 11.6 Å². The fourth-order valence-electron chi connectivity index (χ4n) is 4.42. The first kappa shape index (κ1) is 28.0. The number of carbonyl (C=O) groups excluding carboxylic acids is 1. The molecule has 2 aromatic carbocycles. The average molecular weight is 585 g/mol. The molecule has 3 heterocycles. The Morgan fingerprint density at radius 1 is 0.976 bits per heavy atom. The summed E-state index contributed by atoms with van der Waals surface area (Å²) in [5.74, 6) is 0.458. The molecule has 41 heavy (non-hydrogen) atoms. The molecule has 0 aliphatic carbocycles. The molecular weight excluding hydrogens is 561 g/mol. The van der Waals surface area contributed by atoms with E-state index in [-0.39, 0.29) is 17.0 Å². The third kappa shape index (κ3) is 5.55. The molecule has 3 aromatic heterocycles. The molecule has 0 saturated carbocycles. The van der Waals surface area contributed by atoms with E-state index in [0.717, 1.165) is 11.6 Å². The van der Waals surface area contributed by atoms with E-state index in [0.29, 0.717) is 50.2 Å². The fourth-order valence-corrected chi connectivity index (χ4v) is 4.54. The van der Waals surface area contributed by atoms with Crippen molar-refractivity contribution in [2.24, 2.45) is 0 Å². The van der Waals surface area contributed by atoms with Gasteiger partial charge in [0.1, 0.15) is 0 Å². The predicted molar refractivity (Wildman–Crippen MR) is 147 cm³/mol. The van der Waals surface area contributed by atoms with Gasteiger partial charge in [0, 0.05) is 16.7 Å². The maximum atomic E-state index is 14.0. The number of methoxy groups -OCH3 is 2. The van der Waals surface area contributed by atoms with Crippen molar-refractivity contribution in [2.45, 2.75) is 26.6 Å². The van der Waals surface area contributed by atoms with E-state index in [1.165, 1.54) is 6.07 Å². The normalized spacial score (nSPS) is 11.6. The lowest BCUT2D eigenvalue weighted by Gasteiger charge is -2.11. The van der Waals surface area contributed by atoms with Gasteiger partial charge in [-0.3, -0.25) is 9.48 Å². The monoisotopic (exact) mass is 584 g/mol. The van der Waals surface area contributed by atoms with E-state index >= 15 is 0 Å². The minimum atomic E-state index is -4.75. The van der Waals surface area contributed by atoms with Crippen LogP contribution < -0.4 is 14.8 Å². The van der Waals surface area contributed by atoms with Gasteiger partial charge in [0.15, 0.2) is 28.5 Å². The van der Waals surface area contributed by atoms with Crippen LogP contribution in [0.3, 0.4) is 0 Å². The zero-order chi connectivity index (χ0) is 29.5. The number of nitrogens with zero attached hydrogens (tertiary/aromatic N) is 5. The van der Waals surface area contributed by atoms with E-state index in [1.54, 1.807) is 63.1 Å². The Kier molecular flexibility index (Phi) is 7.35. The molecule has 0 aliphatic rings. The lowest BCUT2D eigenvalue weighted by molar-refractivity contribution is -0.142. The van der Waals surface area contributed by atoms with Crippen molar-refractivity contribution >= 4 is 28.8 Å². The van der Waals surface area contributed by atoms with Gasteiger partial charge in [-0.15, -0.1) is 0 Å². The number of ether oxygens (including phenoxy) is 2. The van der Waals surface area contributed by atoms with E-state index < -0.39 is 17.8 Å². The molecule has 0 atom stereocenters. The van der Waals surface area contributed by atoms with Crippen LogP contribution in [0.25, 0.3) is 16.9 Å². The quantitative estimate of drug-likeness (QED) is 0.245. The van der Waals surface area contributed by atoms with Gasteiger partial charge in [-0.05, 0) is 49.7 Å². The number of anilines is 1. The minimum Gasteiger partial charge on any atom is -0.493 e. The molecule has 0 bridgehead atoms. The van der Waals surface area contributed by atoms with Crippen molar-refractivity contribution in [1.82, 2.24) is 24.4 Å². The largest absolute Gasteiger partial charge is 0.493 e. The molecule has 1 N–H and O–H groups in total. The highest BCUT2D eigenvalue weighted by Gasteiger charge is 2.36. The minimum absolute atomic E-state index is 0.0662. The molecule has 0 aliphatic heterocycles. The zero-order valence-electron chi connectivity index (χ0n) is 22.4. The van der Waals surface area contributed by atoms with Gasteiger partial charge in [-0.2, -0.15) is 23.4 Å². The first-order valence-electron chi connectivity index (χ1n) is 12.3. The zero-order valence-corrected chi connectivity index (χ0v) is 23.1. The summed E-state index contributed by atoms with van der Waals surface area (Å²) < 4.78 is 54.9. The molecular formula is C28H24ClF3N6O3. The van der Waals surface area contributed by atoms with Crippen LogP contribution in [-0.4, -0.2) is 44.5 Å². The first-order chi connectivity index (χ1) is 19.5. The third-order valence-corrected chi connectivity index (χ3v) is 6.74. The van der Waals surface area contributed by atoms with Crippen LogP contribution in [0.1, 0.15) is 33.1 Å². The molecule has 5 rings (SSSR count). The van der Waals surface area contributed by atoms with Gasteiger partial charge in [-0.1, -0.05) is 29.8 Å². The van der Waals surface area contributed by atoms with Crippen LogP contribution in [0.4, 0.5) is 18.9 Å². The molecule has 9 nitrogen and oxygen atoms in total. The highest BCUT2D eigenvalue weighted by molar-refractivity contribution is 6.30. The fraction of sp³-hybridized carbons (Fsp3) is 0.214. The number of amides is 1. The number of aryl methyl sites for hydroxylation is 1. The summed E-state index contributed by atoms with van der Waals surface area (Å²) in [4.78, 5) is 17.5. The van der Waals surface area contributed by atoms with Crippen LogP contribution in [0, 0.1) is 13.8 Å². The Labute approximate surface area is 237 Å². The van der Waals surface area contributed by atoms with E-state index in [2.05, 4.69) is 20.5 Å².